The molecule has 1 saturated heterocycles. The van der Waals surface area contributed by atoms with E-state index in [0.29, 0.717) is 22.4 Å². The second-order valence-corrected chi connectivity index (χ2v) is 8.47. The molecule has 0 N–H and O–H groups in total. The molecule has 32 heavy (non-hydrogen) atoms. The zero-order valence-electron chi connectivity index (χ0n) is 17.4. The first kappa shape index (κ1) is 21.9. The summed E-state index contributed by atoms with van der Waals surface area (Å²) in [5.41, 5.74) is 1.62. The van der Waals surface area contributed by atoms with Crippen LogP contribution in [-0.2, 0) is 4.79 Å². The topological polar surface area (TPSA) is 48.0 Å². The number of para-hydroxylation sites is 1. The third-order valence-corrected chi connectivity index (χ3v) is 5.97. The Morgan fingerprint density at radius 2 is 1.44 bits per heavy atom. The second kappa shape index (κ2) is 10.3. The Morgan fingerprint density at radius 1 is 0.844 bits per heavy atom. The molecule has 0 aromatic heterocycles. The van der Waals surface area contributed by atoms with Crippen LogP contribution in [0.25, 0.3) is 6.08 Å². The van der Waals surface area contributed by atoms with Crippen LogP contribution in [0.1, 0.15) is 5.56 Å². The van der Waals surface area contributed by atoms with E-state index in [1.807, 2.05) is 72.8 Å². The van der Waals surface area contributed by atoms with Crippen molar-refractivity contribution in [3.63, 3.8) is 0 Å². The molecule has 4 rings (SSSR count). The molecule has 1 aliphatic rings. The lowest BCUT2D eigenvalue weighted by molar-refractivity contribution is -0.113. The minimum absolute atomic E-state index is 0.136. The summed E-state index contributed by atoms with van der Waals surface area (Å²) in [6.45, 7) is 0.897. The van der Waals surface area contributed by atoms with Gasteiger partial charge in [0.1, 0.15) is 30.5 Å². The molecule has 5 nitrogen and oxygen atoms in total. The van der Waals surface area contributed by atoms with Crippen molar-refractivity contribution in [1.82, 2.24) is 0 Å². The minimum Gasteiger partial charge on any atom is -0.497 e. The molecule has 1 heterocycles. The van der Waals surface area contributed by atoms with Gasteiger partial charge in [-0.15, -0.1) is 0 Å². The number of hydrogen-bond donors (Lipinski definition) is 0. The van der Waals surface area contributed by atoms with Crippen LogP contribution in [0.4, 0.5) is 5.69 Å². The fraction of sp³-hybridized carbons (Fsp3) is 0.120. The van der Waals surface area contributed by atoms with E-state index in [0.717, 1.165) is 28.5 Å². The number of anilines is 1. The third kappa shape index (κ3) is 5.30. The van der Waals surface area contributed by atoms with Gasteiger partial charge in [0, 0.05) is 0 Å². The molecular formula is C25H21NO4S2. The zero-order valence-corrected chi connectivity index (χ0v) is 19.0. The fourth-order valence-corrected chi connectivity index (χ4v) is 4.37. The van der Waals surface area contributed by atoms with E-state index in [-0.39, 0.29) is 5.91 Å². The highest BCUT2D eigenvalue weighted by Crippen LogP contribution is 2.36. The SMILES string of the molecule is COc1ccc(N2C(=O)/C(=C/c3ccc(OCCOc4ccccc4)cc3)SC2=S)cc1. The summed E-state index contributed by atoms with van der Waals surface area (Å²) >= 11 is 6.72. The number of hydrogen-bond acceptors (Lipinski definition) is 6. The Bertz CT molecular complexity index is 1110. The van der Waals surface area contributed by atoms with Crippen LogP contribution < -0.4 is 19.1 Å². The van der Waals surface area contributed by atoms with Crippen molar-refractivity contribution in [1.29, 1.82) is 0 Å². The average molecular weight is 464 g/mol. The summed E-state index contributed by atoms with van der Waals surface area (Å²) in [7, 11) is 1.60. The highest BCUT2D eigenvalue weighted by atomic mass is 32.2. The number of ether oxygens (including phenoxy) is 3. The van der Waals surface area contributed by atoms with Crippen LogP contribution in [0.3, 0.4) is 0 Å². The smallest absolute Gasteiger partial charge is 0.270 e. The molecule has 0 spiro atoms. The van der Waals surface area contributed by atoms with Gasteiger partial charge in [0.2, 0.25) is 0 Å². The van der Waals surface area contributed by atoms with E-state index in [2.05, 4.69) is 0 Å². The van der Waals surface area contributed by atoms with Crippen LogP contribution in [0.5, 0.6) is 17.2 Å². The average Bonchev–Trinajstić information content (AvgIpc) is 3.11. The van der Waals surface area contributed by atoms with Gasteiger partial charge in [0.05, 0.1) is 17.7 Å². The van der Waals surface area contributed by atoms with E-state index in [1.165, 1.54) is 16.7 Å². The number of nitrogens with zero attached hydrogens (tertiary/aromatic N) is 1. The second-order valence-electron chi connectivity index (χ2n) is 6.79. The van der Waals surface area contributed by atoms with Crippen LogP contribution in [-0.4, -0.2) is 30.6 Å². The third-order valence-electron chi connectivity index (χ3n) is 4.67. The van der Waals surface area contributed by atoms with Gasteiger partial charge in [-0.2, -0.15) is 0 Å². The summed E-state index contributed by atoms with van der Waals surface area (Å²) in [6.07, 6.45) is 1.84. The van der Waals surface area contributed by atoms with Gasteiger partial charge < -0.3 is 14.2 Å². The van der Waals surface area contributed by atoms with Crippen molar-refractivity contribution in [2.45, 2.75) is 0 Å². The Kier molecular flexibility index (Phi) is 7.09. The molecule has 7 heteroatoms. The highest BCUT2D eigenvalue weighted by molar-refractivity contribution is 8.27. The lowest BCUT2D eigenvalue weighted by atomic mass is 10.2. The first-order chi connectivity index (χ1) is 15.6. The number of thiocarbonyl (C=S) groups is 1. The lowest BCUT2D eigenvalue weighted by Crippen LogP contribution is -2.27. The molecule has 0 bridgehead atoms. The van der Waals surface area contributed by atoms with Crippen molar-refractivity contribution in [3.05, 3.63) is 89.3 Å². The van der Waals surface area contributed by atoms with Gasteiger partial charge in [-0.3, -0.25) is 9.69 Å². The first-order valence-corrected chi connectivity index (χ1v) is 11.2. The van der Waals surface area contributed by atoms with Gasteiger partial charge in [0.25, 0.3) is 5.91 Å². The maximum Gasteiger partial charge on any atom is 0.270 e. The van der Waals surface area contributed by atoms with Gasteiger partial charge in [-0.1, -0.05) is 54.3 Å². The molecule has 0 unspecified atom stereocenters. The Labute approximate surface area is 196 Å². The highest BCUT2D eigenvalue weighted by Gasteiger charge is 2.33. The Hall–Kier alpha value is -3.29. The summed E-state index contributed by atoms with van der Waals surface area (Å²) in [6, 6.07) is 24.4. The molecule has 1 aliphatic heterocycles. The monoisotopic (exact) mass is 463 g/mol. The summed E-state index contributed by atoms with van der Waals surface area (Å²) in [5.74, 6) is 2.15. The molecule has 3 aromatic rings. The number of thioether (sulfide) groups is 1. The quantitative estimate of drug-likeness (QED) is 0.248. The predicted octanol–water partition coefficient (Wildman–Crippen LogP) is 5.56. The van der Waals surface area contributed by atoms with Crippen molar-refractivity contribution in [3.8, 4) is 17.2 Å². The van der Waals surface area contributed by atoms with Gasteiger partial charge >= 0.3 is 0 Å². The van der Waals surface area contributed by atoms with E-state index in [9.17, 15) is 4.79 Å². The molecule has 3 aromatic carbocycles. The van der Waals surface area contributed by atoms with Crippen LogP contribution in [0.15, 0.2) is 83.8 Å². The Balaban J connectivity index is 1.35. The largest absolute Gasteiger partial charge is 0.497 e. The molecule has 0 atom stereocenters. The minimum atomic E-state index is -0.136. The van der Waals surface area contributed by atoms with E-state index in [1.54, 1.807) is 19.2 Å². The summed E-state index contributed by atoms with van der Waals surface area (Å²) in [4.78, 5) is 15.0. The van der Waals surface area contributed by atoms with E-state index < -0.39 is 0 Å². The maximum atomic E-state index is 12.9. The van der Waals surface area contributed by atoms with E-state index >= 15 is 0 Å². The number of benzene rings is 3. The van der Waals surface area contributed by atoms with Gasteiger partial charge in [-0.25, -0.2) is 0 Å². The predicted molar refractivity (Wildman–Crippen MR) is 133 cm³/mol. The van der Waals surface area contributed by atoms with Crippen LogP contribution in [0.2, 0.25) is 0 Å². The number of methoxy groups -OCH3 is 1. The van der Waals surface area contributed by atoms with Crippen LogP contribution >= 0.6 is 24.0 Å². The molecule has 162 valence electrons. The molecule has 0 radical (unpaired) electrons. The van der Waals surface area contributed by atoms with Gasteiger partial charge in [-0.05, 0) is 60.2 Å². The van der Waals surface area contributed by atoms with Crippen molar-refractivity contribution < 1.29 is 19.0 Å². The van der Waals surface area contributed by atoms with Crippen LogP contribution in [0, 0.1) is 0 Å². The number of carbonyl (C=O) groups excluding carboxylic acids is 1. The summed E-state index contributed by atoms with van der Waals surface area (Å²) in [5, 5.41) is 0. The number of rotatable bonds is 8. The molecule has 1 fully saturated rings. The fourth-order valence-electron chi connectivity index (χ4n) is 3.07. The zero-order chi connectivity index (χ0) is 22.3. The van der Waals surface area contributed by atoms with Crippen molar-refractivity contribution >= 4 is 46.0 Å². The lowest BCUT2D eigenvalue weighted by Gasteiger charge is -2.14. The molecule has 0 aliphatic carbocycles. The normalized spacial score (nSPS) is 14.7. The van der Waals surface area contributed by atoms with Crippen molar-refractivity contribution in [2.75, 3.05) is 25.2 Å². The standard InChI is InChI=1S/C25H21NO4S2/c1-28-20-13-9-19(10-14-20)26-24(27)23(32-25(26)31)17-18-7-11-22(12-8-18)30-16-15-29-21-5-3-2-4-6-21/h2-14,17H,15-16H2,1H3/b23-17-. The molecule has 0 saturated carbocycles. The molecule has 1 amide bonds. The van der Waals surface area contributed by atoms with Crippen molar-refractivity contribution in [2.24, 2.45) is 0 Å². The first-order valence-electron chi connectivity index (χ1n) is 9.97. The number of carbonyl (C=O) groups is 1. The van der Waals surface area contributed by atoms with Gasteiger partial charge in [0.15, 0.2) is 4.32 Å². The Morgan fingerprint density at radius 3 is 2.06 bits per heavy atom. The summed E-state index contributed by atoms with van der Waals surface area (Å²) < 4.78 is 17.0. The maximum absolute atomic E-state index is 12.9. The number of amides is 1. The molecular weight excluding hydrogens is 442 g/mol. The van der Waals surface area contributed by atoms with E-state index in [4.69, 9.17) is 26.4 Å².